The Morgan fingerprint density at radius 3 is 2.70 bits per heavy atom. The van der Waals surface area contributed by atoms with Gasteiger partial charge in [0.1, 0.15) is 22.9 Å². The van der Waals surface area contributed by atoms with Crippen LogP contribution in [0.4, 0.5) is 4.39 Å². The molecule has 1 aromatic carbocycles. The van der Waals surface area contributed by atoms with Gasteiger partial charge in [0.25, 0.3) is 0 Å². The Balaban J connectivity index is 1.40. The van der Waals surface area contributed by atoms with E-state index < -0.39 is 5.82 Å². The Kier molecular flexibility index (Phi) is 4.88. The van der Waals surface area contributed by atoms with Crippen molar-refractivity contribution in [3.8, 4) is 11.3 Å². The highest BCUT2D eigenvalue weighted by Gasteiger charge is 2.33. The quantitative estimate of drug-likeness (QED) is 0.409. The van der Waals surface area contributed by atoms with Crippen LogP contribution in [0.1, 0.15) is 60.1 Å². The third kappa shape index (κ3) is 3.77. The van der Waals surface area contributed by atoms with Gasteiger partial charge < -0.3 is 4.74 Å². The summed E-state index contributed by atoms with van der Waals surface area (Å²) in [6.07, 6.45) is 7.00. The van der Waals surface area contributed by atoms with Crippen molar-refractivity contribution >= 4 is 22.8 Å². The van der Waals surface area contributed by atoms with E-state index in [1.807, 2.05) is 24.7 Å². The highest BCUT2D eigenvalue weighted by Crippen LogP contribution is 2.40. The van der Waals surface area contributed by atoms with Gasteiger partial charge in [0.15, 0.2) is 5.65 Å². The van der Waals surface area contributed by atoms with E-state index in [1.54, 1.807) is 12.1 Å². The van der Waals surface area contributed by atoms with E-state index in [1.165, 1.54) is 18.9 Å². The maximum atomic E-state index is 14.9. The Morgan fingerprint density at radius 2 is 1.91 bits per heavy atom. The van der Waals surface area contributed by atoms with Gasteiger partial charge in [0.05, 0.1) is 36.3 Å². The largest absolute Gasteiger partial charge is 0.373 e. The van der Waals surface area contributed by atoms with E-state index >= 15 is 0 Å². The first-order chi connectivity index (χ1) is 16.0. The van der Waals surface area contributed by atoms with Gasteiger partial charge in [-0.05, 0) is 51.3 Å². The molecule has 0 amide bonds. The van der Waals surface area contributed by atoms with Crippen LogP contribution in [0.5, 0.6) is 0 Å². The third-order valence-electron chi connectivity index (χ3n) is 6.42. The average molecular weight is 465 g/mol. The smallest absolute Gasteiger partial charge is 0.182 e. The Labute approximate surface area is 195 Å². The van der Waals surface area contributed by atoms with Crippen LogP contribution in [0.2, 0.25) is 5.02 Å². The van der Waals surface area contributed by atoms with E-state index in [0.29, 0.717) is 45.9 Å². The normalized spacial score (nSPS) is 20.6. The number of rotatable bonds is 4. The predicted octanol–water partition coefficient (Wildman–Crippen LogP) is 5.27. The monoisotopic (exact) mass is 464 g/mol. The molecule has 1 aliphatic carbocycles. The van der Waals surface area contributed by atoms with Gasteiger partial charge in [0.2, 0.25) is 0 Å². The zero-order chi connectivity index (χ0) is 22.7. The molecular weight excluding hydrogens is 443 g/mol. The summed E-state index contributed by atoms with van der Waals surface area (Å²) in [5.74, 6) is 0.0872. The van der Waals surface area contributed by atoms with Crippen LogP contribution in [0.15, 0.2) is 30.6 Å². The summed E-state index contributed by atoms with van der Waals surface area (Å²) in [6, 6.07) is 5.08. The van der Waals surface area contributed by atoms with Crippen molar-refractivity contribution < 1.29 is 9.13 Å². The molecule has 1 saturated heterocycles. The molecule has 2 atom stereocenters. The van der Waals surface area contributed by atoms with Crippen LogP contribution in [0.25, 0.3) is 22.4 Å². The molecule has 0 spiro atoms. The van der Waals surface area contributed by atoms with Gasteiger partial charge in [0, 0.05) is 28.3 Å². The van der Waals surface area contributed by atoms with Crippen molar-refractivity contribution in [3.63, 3.8) is 0 Å². The van der Waals surface area contributed by atoms with Crippen LogP contribution in [0, 0.1) is 19.7 Å². The number of hydrogen-bond acceptors (Lipinski definition) is 6. The number of nitrogens with zero attached hydrogens (tertiary/aromatic N) is 6. The lowest BCUT2D eigenvalue weighted by atomic mass is 10.0. The van der Waals surface area contributed by atoms with Gasteiger partial charge in [-0.25, -0.2) is 24.3 Å². The molecule has 7 nitrogen and oxygen atoms in total. The second kappa shape index (κ2) is 7.81. The molecule has 2 aliphatic rings. The number of fused-ring (bicyclic) bond motifs is 1. The topological polar surface area (TPSA) is 78.6 Å². The molecule has 6 rings (SSSR count). The van der Waals surface area contributed by atoms with Crippen LogP contribution in [-0.4, -0.2) is 36.3 Å². The molecular formula is C24H22ClFN6O. The van der Waals surface area contributed by atoms with Crippen LogP contribution in [-0.2, 0) is 4.74 Å². The fourth-order valence-corrected chi connectivity index (χ4v) is 4.44. The molecule has 1 saturated carbocycles. The van der Waals surface area contributed by atoms with E-state index in [2.05, 4.69) is 21.3 Å². The van der Waals surface area contributed by atoms with E-state index in [0.717, 1.165) is 23.4 Å². The zero-order valence-corrected chi connectivity index (χ0v) is 19.1. The van der Waals surface area contributed by atoms with Crippen LogP contribution < -0.4 is 0 Å². The number of halogens is 2. The molecule has 2 fully saturated rings. The molecule has 0 N–H and O–H groups in total. The van der Waals surface area contributed by atoms with Crippen LogP contribution in [0.3, 0.4) is 0 Å². The second-order valence-electron chi connectivity index (χ2n) is 8.86. The lowest BCUT2D eigenvalue weighted by Gasteiger charge is -2.13. The summed E-state index contributed by atoms with van der Waals surface area (Å²) in [6.45, 7) is 4.23. The summed E-state index contributed by atoms with van der Waals surface area (Å²) in [7, 11) is 0. The molecule has 4 aromatic rings. The minimum absolute atomic E-state index is 0.0406. The highest BCUT2D eigenvalue weighted by atomic mass is 35.5. The van der Waals surface area contributed by atoms with Gasteiger partial charge in [-0.2, -0.15) is 5.10 Å². The molecule has 168 valence electrons. The lowest BCUT2D eigenvalue weighted by Crippen LogP contribution is -2.09. The molecule has 0 unspecified atom stereocenters. The number of hydrogen-bond donors (Lipinski definition) is 0. The maximum Gasteiger partial charge on any atom is 0.182 e. The zero-order valence-electron chi connectivity index (χ0n) is 18.3. The molecule has 3 aromatic heterocycles. The molecule has 9 heteroatoms. The average Bonchev–Trinajstić information content (AvgIpc) is 3.31. The molecule has 0 bridgehead atoms. The third-order valence-corrected chi connectivity index (χ3v) is 6.66. The van der Waals surface area contributed by atoms with Crippen molar-refractivity contribution in [2.45, 2.75) is 51.2 Å². The Hall–Kier alpha value is -2.97. The standard InChI is InChI=1S/C24H22ClFN6O/c1-12-13(2)29-24-22(28-12)21(18-6-3-16(25)8-19(18)26)30-23(31-24)14-7-20(33-11-14)15-9-27-32(10-15)17-4-5-17/h3,6,8-10,14,17,20H,4-5,7,11H2,1-2H3/t14-,20-/m1/s1. The minimum atomic E-state index is -0.457. The first-order valence-electron chi connectivity index (χ1n) is 11.1. The summed E-state index contributed by atoms with van der Waals surface area (Å²) in [5, 5.41) is 4.81. The van der Waals surface area contributed by atoms with E-state index in [4.69, 9.17) is 26.3 Å². The first kappa shape index (κ1) is 20.6. The van der Waals surface area contributed by atoms with Crippen molar-refractivity contribution in [3.05, 3.63) is 64.2 Å². The van der Waals surface area contributed by atoms with E-state index in [9.17, 15) is 4.39 Å². The molecule has 4 heterocycles. The fourth-order valence-electron chi connectivity index (χ4n) is 4.28. The van der Waals surface area contributed by atoms with E-state index in [-0.39, 0.29) is 12.0 Å². The summed E-state index contributed by atoms with van der Waals surface area (Å²) >= 11 is 5.98. The van der Waals surface area contributed by atoms with Crippen LogP contribution >= 0.6 is 11.6 Å². The van der Waals surface area contributed by atoms with Crippen molar-refractivity contribution in [2.24, 2.45) is 0 Å². The predicted molar refractivity (Wildman–Crippen MR) is 122 cm³/mol. The first-order valence-corrected chi connectivity index (χ1v) is 11.5. The molecule has 33 heavy (non-hydrogen) atoms. The second-order valence-corrected chi connectivity index (χ2v) is 9.30. The number of ether oxygens (including phenoxy) is 1. The lowest BCUT2D eigenvalue weighted by molar-refractivity contribution is 0.110. The van der Waals surface area contributed by atoms with Crippen molar-refractivity contribution in [2.75, 3.05) is 6.61 Å². The minimum Gasteiger partial charge on any atom is -0.373 e. The number of aromatic nitrogens is 6. The van der Waals surface area contributed by atoms with Gasteiger partial charge in [-0.15, -0.1) is 0 Å². The SMILES string of the molecule is Cc1nc2nc([C@H]3CO[C@@H](c4cnn(C5CC5)c4)C3)nc(-c3ccc(Cl)cc3F)c2nc1C. The van der Waals surface area contributed by atoms with Gasteiger partial charge in [-0.3, -0.25) is 4.68 Å². The maximum absolute atomic E-state index is 14.9. The van der Waals surface area contributed by atoms with Crippen molar-refractivity contribution in [1.82, 2.24) is 29.7 Å². The molecule has 1 aliphatic heterocycles. The Bertz CT molecular complexity index is 1390. The van der Waals surface area contributed by atoms with Crippen molar-refractivity contribution in [1.29, 1.82) is 0 Å². The molecule has 0 radical (unpaired) electrons. The highest BCUT2D eigenvalue weighted by molar-refractivity contribution is 6.30. The van der Waals surface area contributed by atoms with Gasteiger partial charge >= 0.3 is 0 Å². The number of benzene rings is 1. The summed E-state index contributed by atoms with van der Waals surface area (Å²) < 4.78 is 23.0. The summed E-state index contributed by atoms with van der Waals surface area (Å²) in [5.41, 5.74) is 4.28. The fraction of sp³-hybridized carbons (Fsp3) is 0.375. The number of aryl methyl sites for hydroxylation is 2. The summed E-state index contributed by atoms with van der Waals surface area (Å²) in [4.78, 5) is 18.8. The van der Waals surface area contributed by atoms with Gasteiger partial charge in [-0.1, -0.05) is 11.6 Å². The Morgan fingerprint density at radius 1 is 1.09 bits per heavy atom.